The number of nitrogens with zero attached hydrogens (tertiary/aromatic N) is 4. The summed E-state index contributed by atoms with van der Waals surface area (Å²) < 4.78 is 37.6. The minimum absolute atomic E-state index is 0.246. The highest BCUT2D eigenvalue weighted by molar-refractivity contribution is 7.60. The van der Waals surface area contributed by atoms with Gasteiger partial charge in [-0.25, -0.2) is 13.9 Å². The number of aliphatic hydroxyl groups excluding tert-OH is 2. The van der Waals surface area contributed by atoms with E-state index in [2.05, 4.69) is 18.8 Å². The van der Waals surface area contributed by atoms with Crippen LogP contribution in [0.4, 0.5) is 0 Å². The molecule has 3 aromatic rings. The first-order valence-electron chi connectivity index (χ1n) is 10.8. The summed E-state index contributed by atoms with van der Waals surface area (Å²) in [5.74, 6) is 0. The lowest BCUT2D eigenvalue weighted by Crippen LogP contribution is -2.43. The van der Waals surface area contributed by atoms with E-state index < -0.39 is 58.0 Å². The largest absolute Gasteiger partial charge is 0.481 e. The average molecular weight is 572 g/mol. The Hall–Kier alpha value is -2.88. The molecule has 1 saturated heterocycles. The summed E-state index contributed by atoms with van der Waals surface area (Å²) in [4.78, 5) is 60.8. The van der Waals surface area contributed by atoms with Crippen molar-refractivity contribution in [2.75, 3.05) is 6.61 Å². The van der Waals surface area contributed by atoms with Gasteiger partial charge in [0.05, 0.1) is 24.5 Å². The first-order chi connectivity index (χ1) is 17.8. The van der Waals surface area contributed by atoms with E-state index in [1.54, 1.807) is 36.5 Å². The lowest BCUT2D eigenvalue weighted by atomic mass is 10.1. The van der Waals surface area contributed by atoms with Crippen LogP contribution in [0.2, 0.25) is 0 Å². The maximum atomic E-state index is 13.2. The number of ether oxygens (including phenoxy) is 1. The molecule has 0 saturated carbocycles. The number of hydrogen-bond acceptors (Lipinski definition) is 11. The Bertz CT molecular complexity index is 1510. The third-order valence-corrected chi connectivity index (χ3v) is 7.57. The molecule has 4 heterocycles. The van der Waals surface area contributed by atoms with Crippen molar-refractivity contribution in [3.63, 3.8) is 0 Å². The monoisotopic (exact) mass is 572 g/mol. The second-order valence-corrected chi connectivity index (χ2v) is 10.9. The van der Waals surface area contributed by atoms with Crippen molar-refractivity contribution >= 4 is 15.6 Å². The molecule has 204 valence electrons. The fourth-order valence-electron chi connectivity index (χ4n) is 3.71. The van der Waals surface area contributed by atoms with Crippen LogP contribution < -0.4 is 11.2 Å². The van der Waals surface area contributed by atoms with Crippen molar-refractivity contribution in [3.05, 3.63) is 81.5 Å². The molecule has 18 heteroatoms. The Morgan fingerprint density at radius 1 is 1.00 bits per heavy atom. The number of phosphoric ester groups is 1. The van der Waals surface area contributed by atoms with E-state index in [0.29, 0.717) is 17.0 Å². The molecule has 0 aromatic carbocycles. The smallest absolute Gasteiger partial charge is 0.387 e. The average Bonchev–Trinajstić information content (AvgIpc) is 3.13. The highest BCUT2D eigenvalue weighted by Crippen LogP contribution is 2.57. The van der Waals surface area contributed by atoms with Gasteiger partial charge < -0.3 is 29.6 Å². The summed E-state index contributed by atoms with van der Waals surface area (Å²) in [6.45, 7) is -1.19. The second-order valence-electron chi connectivity index (χ2n) is 8.06. The Balaban J connectivity index is 1.55. The van der Waals surface area contributed by atoms with Crippen molar-refractivity contribution in [2.45, 2.75) is 31.1 Å². The van der Waals surface area contributed by atoms with E-state index in [9.17, 15) is 33.8 Å². The van der Waals surface area contributed by atoms with Crippen LogP contribution in [-0.4, -0.2) is 68.9 Å². The predicted octanol–water partition coefficient (Wildman–Crippen LogP) is -0.639. The van der Waals surface area contributed by atoms with Crippen molar-refractivity contribution in [3.8, 4) is 11.3 Å². The first-order valence-corrected chi connectivity index (χ1v) is 13.8. The van der Waals surface area contributed by atoms with Crippen molar-refractivity contribution in [1.29, 1.82) is 0 Å². The number of aromatic nitrogens is 4. The van der Waals surface area contributed by atoms with Gasteiger partial charge in [0.2, 0.25) is 0 Å². The van der Waals surface area contributed by atoms with E-state index in [0.717, 1.165) is 21.4 Å². The van der Waals surface area contributed by atoms with E-state index in [1.807, 2.05) is 0 Å². The Morgan fingerprint density at radius 2 is 1.76 bits per heavy atom. The van der Waals surface area contributed by atoms with Crippen LogP contribution >= 0.6 is 15.6 Å². The summed E-state index contributed by atoms with van der Waals surface area (Å²) in [6, 6.07) is 9.72. The quantitative estimate of drug-likeness (QED) is 0.201. The highest BCUT2D eigenvalue weighted by Gasteiger charge is 2.46. The van der Waals surface area contributed by atoms with Crippen LogP contribution in [0.25, 0.3) is 11.3 Å². The Morgan fingerprint density at radius 3 is 2.45 bits per heavy atom. The summed E-state index contributed by atoms with van der Waals surface area (Å²) in [7, 11) is -10.6. The zero-order valence-corrected chi connectivity index (χ0v) is 21.0. The van der Waals surface area contributed by atoms with Gasteiger partial charge in [-0.3, -0.25) is 28.4 Å². The maximum absolute atomic E-state index is 13.2. The van der Waals surface area contributed by atoms with Gasteiger partial charge in [-0.1, -0.05) is 6.07 Å². The summed E-state index contributed by atoms with van der Waals surface area (Å²) >= 11 is 0. The molecule has 0 amide bonds. The molecular formula is C20H22N4O12P2. The first kappa shape index (κ1) is 28.1. The molecule has 5 atom stereocenters. The zero-order chi connectivity index (χ0) is 27.7. The number of hydrogen-bond donors (Lipinski definition) is 5. The van der Waals surface area contributed by atoms with Crippen LogP contribution in [-0.2, 0) is 29.2 Å². The third kappa shape index (κ3) is 6.57. The molecule has 1 fully saturated rings. The fourth-order valence-corrected chi connectivity index (χ4v) is 5.31. The zero-order valence-electron chi connectivity index (χ0n) is 19.2. The van der Waals surface area contributed by atoms with Crippen LogP contribution in [0, 0.1) is 0 Å². The molecule has 16 nitrogen and oxygen atoms in total. The van der Waals surface area contributed by atoms with Crippen molar-refractivity contribution < 1.29 is 47.6 Å². The van der Waals surface area contributed by atoms with Crippen LogP contribution in [0.15, 0.2) is 64.6 Å². The fraction of sp³-hybridized carbons (Fsp3) is 0.300. The van der Waals surface area contributed by atoms with E-state index in [-0.39, 0.29) is 6.54 Å². The second kappa shape index (κ2) is 11.1. The Labute approximate surface area is 213 Å². The van der Waals surface area contributed by atoms with Gasteiger partial charge in [0.25, 0.3) is 5.56 Å². The lowest BCUT2D eigenvalue weighted by molar-refractivity contribution is -0.0547. The molecule has 0 spiro atoms. The molecule has 2 unspecified atom stereocenters. The van der Waals surface area contributed by atoms with Crippen LogP contribution in [0.5, 0.6) is 0 Å². The lowest BCUT2D eigenvalue weighted by Gasteiger charge is -2.19. The third-order valence-electron chi connectivity index (χ3n) is 5.42. The molecule has 3 aromatic heterocycles. The summed E-state index contributed by atoms with van der Waals surface area (Å²) in [5, 5.41) is 20.7. The van der Waals surface area contributed by atoms with Gasteiger partial charge in [0, 0.05) is 30.2 Å². The number of rotatable bonds is 9. The molecule has 0 bridgehead atoms. The van der Waals surface area contributed by atoms with Gasteiger partial charge in [0.1, 0.15) is 18.3 Å². The van der Waals surface area contributed by atoms with Crippen LogP contribution in [0.1, 0.15) is 11.9 Å². The van der Waals surface area contributed by atoms with Gasteiger partial charge in [0.15, 0.2) is 6.23 Å². The molecule has 0 aliphatic carbocycles. The number of pyridine rings is 2. The highest BCUT2D eigenvalue weighted by atomic mass is 31.3. The summed E-state index contributed by atoms with van der Waals surface area (Å²) in [5.41, 5.74) is 0.104. The molecule has 0 radical (unpaired) electrons. The van der Waals surface area contributed by atoms with Gasteiger partial charge in [-0.05, 0) is 24.3 Å². The SMILES string of the molecule is O=c1ccn([C@@H]2O[C@H](COP(=O)(O)OP(=O)(O)O)C(O)[C@@H]2O)c(=O)n1Cc1cc(-c2ccccn2)ccn1. The molecule has 38 heavy (non-hydrogen) atoms. The summed E-state index contributed by atoms with van der Waals surface area (Å²) in [6.07, 6.45) is -2.42. The van der Waals surface area contributed by atoms with E-state index >= 15 is 0 Å². The minimum Gasteiger partial charge on any atom is -0.387 e. The molecule has 1 aliphatic rings. The number of aliphatic hydroxyl groups is 2. The maximum Gasteiger partial charge on any atom is 0.481 e. The van der Waals surface area contributed by atoms with Gasteiger partial charge in [-0.15, -0.1) is 0 Å². The van der Waals surface area contributed by atoms with Gasteiger partial charge >= 0.3 is 21.3 Å². The molecular weight excluding hydrogens is 550 g/mol. The minimum atomic E-state index is -5.38. The normalized spacial score (nSPS) is 23.3. The van der Waals surface area contributed by atoms with E-state index in [4.69, 9.17) is 14.5 Å². The Kier molecular flexibility index (Phi) is 8.20. The number of phosphoric acid groups is 2. The molecule has 5 N–H and O–H groups in total. The predicted molar refractivity (Wildman–Crippen MR) is 126 cm³/mol. The van der Waals surface area contributed by atoms with Crippen LogP contribution in [0.3, 0.4) is 0 Å². The van der Waals surface area contributed by atoms with Crippen molar-refractivity contribution in [2.24, 2.45) is 0 Å². The van der Waals surface area contributed by atoms with Crippen molar-refractivity contribution in [1.82, 2.24) is 19.1 Å². The topological polar surface area (TPSA) is 233 Å². The molecule has 4 rings (SSSR count). The molecule has 1 aliphatic heterocycles. The van der Waals surface area contributed by atoms with E-state index in [1.165, 1.54) is 6.20 Å². The standard InChI is InChI=1S/C20H22N4O12P2/c25-16-5-8-23(19-18(27)17(26)15(35-19)11-34-38(32,33)36-37(29,30)31)20(28)24(16)10-13-9-12(4-7-21-13)14-3-1-2-6-22-14/h1-9,15,17-19,26-27H,10-11H2,(H,32,33)(H2,29,30,31)/t15-,17?,18+,19-/m1/s1. The van der Waals surface area contributed by atoms with Gasteiger partial charge in [-0.2, -0.15) is 4.31 Å².